The van der Waals surface area contributed by atoms with Crippen molar-refractivity contribution in [3.05, 3.63) is 65.4 Å². The molecule has 0 fully saturated rings. The number of nitrogens with zero attached hydrogens (tertiary/aromatic N) is 3. The maximum atomic E-state index is 12.4. The number of amides is 1. The van der Waals surface area contributed by atoms with Gasteiger partial charge in [0.2, 0.25) is 11.0 Å². The second kappa shape index (κ2) is 7.88. The van der Waals surface area contributed by atoms with Crippen LogP contribution in [0.2, 0.25) is 0 Å². The van der Waals surface area contributed by atoms with Crippen LogP contribution in [-0.2, 0) is 11.2 Å². The second-order valence-electron chi connectivity index (χ2n) is 5.48. The Morgan fingerprint density at radius 3 is 2.83 bits per heavy atom. The lowest BCUT2D eigenvalue weighted by atomic mass is 9.96. The van der Waals surface area contributed by atoms with Crippen LogP contribution in [0.5, 0.6) is 0 Å². The van der Waals surface area contributed by atoms with Gasteiger partial charge < -0.3 is 5.32 Å². The van der Waals surface area contributed by atoms with Crippen molar-refractivity contribution < 1.29 is 4.79 Å². The number of rotatable bonds is 7. The van der Waals surface area contributed by atoms with E-state index in [0.29, 0.717) is 13.0 Å². The number of carbonyl (C=O) groups is 1. The maximum absolute atomic E-state index is 12.4. The summed E-state index contributed by atoms with van der Waals surface area (Å²) < 4.78 is 1.75. The molecule has 0 radical (unpaired) electrons. The van der Waals surface area contributed by atoms with Crippen LogP contribution >= 0.6 is 11.3 Å². The van der Waals surface area contributed by atoms with Gasteiger partial charge in [-0.3, -0.25) is 4.79 Å². The minimum atomic E-state index is -0.0960. The molecule has 0 aliphatic heterocycles. The average Bonchev–Trinajstić information content (AvgIpc) is 3.28. The molecule has 2 heterocycles. The molecule has 6 heteroatoms. The third kappa shape index (κ3) is 3.89. The molecule has 1 N–H and O–H groups in total. The van der Waals surface area contributed by atoms with Gasteiger partial charge >= 0.3 is 0 Å². The lowest BCUT2D eigenvalue weighted by Crippen LogP contribution is -2.30. The Kier molecular flexibility index (Phi) is 5.38. The van der Waals surface area contributed by atoms with E-state index in [0.717, 1.165) is 22.8 Å². The highest BCUT2D eigenvalue weighted by molar-refractivity contribution is 7.12. The van der Waals surface area contributed by atoms with E-state index in [-0.39, 0.29) is 11.8 Å². The molecule has 0 aliphatic rings. The predicted molar refractivity (Wildman–Crippen MR) is 95.4 cm³/mol. The number of nitrogens with one attached hydrogen (secondary N) is 1. The highest BCUT2D eigenvalue weighted by atomic mass is 32.1. The highest BCUT2D eigenvalue weighted by Gasteiger charge is 2.17. The first-order chi connectivity index (χ1) is 11.8. The van der Waals surface area contributed by atoms with Crippen molar-refractivity contribution in [1.82, 2.24) is 20.1 Å². The van der Waals surface area contributed by atoms with Crippen molar-refractivity contribution in [2.24, 2.45) is 0 Å². The topological polar surface area (TPSA) is 59.8 Å². The molecule has 0 unspecified atom stereocenters. The Balaban J connectivity index is 1.53. The van der Waals surface area contributed by atoms with Gasteiger partial charge in [0.15, 0.2) is 0 Å². The van der Waals surface area contributed by atoms with Crippen LogP contribution in [0.1, 0.15) is 30.5 Å². The Labute approximate surface area is 145 Å². The predicted octanol–water partition coefficient (Wildman–Crippen LogP) is 3.18. The fourth-order valence-corrected chi connectivity index (χ4v) is 3.39. The lowest BCUT2D eigenvalue weighted by Gasteiger charge is -2.15. The zero-order chi connectivity index (χ0) is 16.8. The van der Waals surface area contributed by atoms with E-state index in [1.54, 1.807) is 22.2 Å². The largest absolute Gasteiger partial charge is 0.355 e. The molecule has 0 aliphatic carbocycles. The molecule has 24 heavy (non-hydrogen) atoms. The normalized spacial score (nSPS) is 12.0. The average molecular weight is 340 g/mol. The van der Waals surface area contributed by atoms with E-state index in [1.807, 2.05) is 54.9 Å². The van der Waals surface area contributed by atoms with Crippen LogP contribution in [0.25, 0.3) is 5.13 Å². The van der Waals surface area contributed by atoms with Crippen LogP contribution in [0.15, 0.2) is 54.2 Å². The summed E-state index contributed by atoms with van der Waals surface area (Å²) in [4.78, 5) is 17.0. The van der Waals surface area contributed by atoms with Crippen molar-refractivity contribution in [2.45, 2.75) is 25.7 Å². The minimum absolute atomic E-state index is 0.0752. The monoisotopic (exact) mass is 340 g/mol. The minimum Gasteiger partial charge on any atom is -0.355 e. The summed E-state index contributed by atoms with van der Waals surface area (Å²) in [6, 6.07) is 11.8. The summed E-state index contributed by atoms with van der Waals surface area (Å²) in [6.07, 6.45) is 5.11. The third-order valence-corrected chi connectivity index (χ3v) is 4.73. The fourth-order valence-electron chi connectivity index (χ4n) is 2.59. The van der Waals surface area contributed by atoms with Gasteiger partial charge in [-0.1, -0.05) is 37.3 Å². The Morgan fingerprint density at radius 2 is 2.12 bits per heavy atom. The lowest BCUT2D eigenvalue weighted by molar-refractivity contribution is -0.122. The van der Waals surface area contributed by atoms with Crippen molar-refractivity contribution in [3.63, 3.8) is 0 Å². The zero-order valence-corrected chi connectivity index (χ0v) is 14.4. The molecule has 0 saturated carbocycles. The standard InChI is InChI=1S/C18H20N4OS/c1-2-16(14-7-4-3-5-8-14)17(23)19-11-9-15-13-24-18(21-15)22-12-6-10-20-22/h3-8,10,12-13,16H,2,9,11H2,1H3,(H,19,23)/t16-/m0/s1. The molecule has 2 aromatic heterocycles. The van der Waals surface area contributed by atoms with Gasteiger partial charge in [-0.15, -0.1) is 11.3 Å². The van der Waals surface area contributed by atoms with E-state index in [2.05, 4.69) is 15.4 Å². The van der Waals surface area contributed by atoms with Crippen molar-refractivity contribution in [3.8, 4) is 5.13 Å². The van der Waals surface area contributed by atoms with Gasteiger partial charge in [0.25, 0.3) is 0 Å². The summed E-state index contributed by atoms with van der Waals surface area (Å²) in [5.41, 5.74) is 2.03. The third-order valence-electron chi connectivity index (χ3n) is 3.85. The summed E-state index contributed by atoms with van der Waals surface area (Å²) in [5, 5.41) is 10.1. The molecule has 3 rings (SSSR count). The first-order valence-corrected chi connectivity index (χ1v) is 8.93. The summed E-state index contributed by atoms with van der Waals surface area (Å²) in [7, 11) is 0. The molecule has 124 valence electrons. The molecular formula is C18H20N4OS. The molecule has 5 nitrogen and oxygen atoms in total. The van der Waals surface area contributed by atoms with Crippen LogP contribution in [0.3, 0.4) is 0 Å². The van der Waals surface area contributed by atoms with Crippen molar-refractivity contribution in [2.75, 3.05) is 6.54 Å². The molecule has 0 saturated heterocycles. The number of hydrogen-bond acceptors (Lipinski definition) is 4. The quantitative estimate of drug-likeness (QED) is 0.718. The Morgan fingerprint density at radius 1 is 1.29 bits per heavy atom. The fraction of sp³-hybridized carbons (Fsp3) is 0.278. The second-order valence-corrected chi connectivity index (χ2v) is 6.32. The number of carbonyl (C=O) groups excluding carboxylic acids is 1. The number of benzene rings is 1. The molecule has 0 spiro atoms. The summed E-state index contributed by atoms with van der Waals surface area (Å²) in [5.74, 6) is -0.0208. The van der Waals surface area contributed by atoms with Crippen LogP contribution in [-0.4, -0.2) is 27.2 Å². The maximum Gasteiger partial charge on any atom is 0.227 e. The first-order valence-electron chi connectivity index (χ1n) is 8.05. The Hall–Kier alpha value is -2.47. The number of thiazole rings is 1. The molecule has 1 atom stereocenters. The molecule has 1 aromatic carbocycles. The van der Waals surface area contributed by atoms with Crippen molar-refractivity contribution in [1.29, 1.82) is 0 Å². The number of aromatic nitrogens is 3. The SMILES string of the molecule is CC[C@H](C(=O)NCCc1csc(-n2cccn2)n1)c1ccccc1. The van der Waals surface area contributed by atoms with Gasteiger partial charge in [0.1, 0.15) is 0 Å². The van der Waals surface area contributed by atoms with Gasteiger partial charge in [-0.25, -0.2) is 9.67 Å². The summed E-state index contributed by atoms with van der Waals surface area (Å²) in [6.45, 7) is 2.62. The molecule has 3 aromatic rings. The Bertz CT molecular complexity index is 767. The van der Waals surface area contributed by atoms with E-state index >= 15 is 0 Å². The van der Waals surface area contributed by atoms with Crippen LogP contribution in [0, 0.1) is 0 Å². The van der Waals surface area contributed by atoms with E-state index in [4.69, 9.17) is 0 Å². The molecule has 1 amide bonds. The summed E-state index contributed by atoms with van der Waals surface area (Å²) >= 11 is 1.55. The molecular weight excluding hydrogens is 320 g/mol. The van der Waals surface area contributed by atoms with Crippen LogP contribution < -0.4 is 5.32 Å². The van der Waals surface area contributed by atoms with Gasteiger partial charge in [-0.05, 0) is 18.1 Å². The van der Waals surface area contributed by atoms with Gasteiger partial charge in [-0.2, -0.15) is 5.10 Å². The zero-order valence-electron chi connectivity index (χ0n) is 13.6. The van der Waals surface area contributed by atoms with Crippen molar-refractivity contribution >= 4 is 17.2 Å². The van der Waals surface area contributed by atoms with E-state index < -0.39 is 0 Å². The van der Waals surface area contributed by atoms with Gasteiger partial charge in [0, 0.05) is 30.7 Å². The molecule has 0 bridgehead atoms. The van der Waals surface area contributed by atoms with E-state index in [1.165, 1.54) is 0 Å². The van der Waals surface area contributed by atoms with E-state index in [9.17, 15) is 4.79 Å². The highest BCUT2D eigenvalue weighted by Crippen LogP contribution is 2.19. The first kappa shape index (κ1) is 16.4. The van der Waals surface area contributed by atoms with Gasteiger partial charge in [0.05, 0.1) is 11.6 Å². The smallest absolute Gasteiger partial charge is 0.227 e. The number of hydrogen-bond donors (Lipinski definition) is 1. The van der Waals surface area contributed by atoms with Crippen LogP contribution in [0.4, 0.5) is 0 Å².